The van der Waals surface area contributed by atoms with Crippen molar-refractivity contribution in [2.75, 3.05) is 24.6 Å². The Morgan fingerprint density at radius 3 is 2.57 bits per heavy atom. The molecule has 190 valence electrons. The zero-order chi connectivity index (χ0) is 25.4. The van der Waals surface area contributed by atoms with E-state index in [0.29, 0.717) is 11.3 Å². The summed E-state index contributed by atoms with van der Waals surface area (Å²) in [6, 6.07) is 16.1. The third kappa shape index (κ3) is 5.05. The first kappa shape index (κ1) is 23.2. The van der Waals surface area contributed by atoms with Crippen molar-refractivity contribution >= 4 is 22.9 Å². The number of anilines is 1. The molecule has 2 aliphatic rings. The molecule has 1 saturated carbocycles. The molecule has 4 aromatic rings. The highest BCUT2D eigenvalue weighted by Gasteiger charge is 2.25. The molecule has 6 rings (SSSR count). The summed E-state index contributed by atoms with van der Waals surface area (Å²) in [4.78, 5) is 15.2. The van der Waals surface area contributed by atoms with E-state index in [1.54, 1.807) is 10.7 Å². The Balaban J connectivity index is 1.01. The van der Waals surface area contributed by atoms with E-state index in [-0.39, 0.29) is 12.0 Å². The van der Waals surface area contributed by atoms with Gasteiger partial charge in [0.2, 0.25) is 0 Å². The van der Waals surface area contributed by atoms with Crippen molar-refractivity contribution in [3.63, 3.8) is 0 Å². The second-order valence-corrected chi connectivity index (χ2v) is 9.92. The predicted molar refractivity (Wildman–Crippen MR) is 143 cm³/mol. The normalized spacial score (nSPS) is 17.2. The molecule has 1 aliphatic heterocycles. The molecule has 1 amide bonds. The first-order valence-corrected chi connectivity index (χ1v) is 12.8. The first-order chi connectivity index (χ1) is 18.0. The minimum atomic E-state index is -0.240. The number of ether oxygens (including phenoxy) is 2. The summed E-state index contributed by atoms with van der Waals surface area (Å²) in [6.07, 6.45) is 8.91. The standard InChI is InChI=1S/C29H31N5O3/c1-20(31-28(35)27-17-30-34-16-15-32(2)29(27)34)22-5-9-25(10-6-22)37-26-13-14-33(18-26)23-7-11-24(12-8-23)36-19-21-3-4-21/h5-12,15-17,21,26H,1,3-4,13-14,18-19H2,2H3,(H,31,35)/t26-/m1/s1. The van der Waals surface area contributed by atoms with Gasteiger partial charge in [-0.05, 0) is 72.9 Å². The summed E-state index contributed by atoms with van der Waals surface area (Å²) in [7, 11) is 1.88. The van der Waals surface area contributed by atoms with Crippen molar-refractivity contribution in [3.8, 4) is 11.5 Å². The quantitative estimate of drug-likeness (QED) is 0.368. The summed E-state index contributed by atoms with van der Waals surface area (Å²) in [5.74, 6) is 2.26. The molecule has 0 unspecified atom stereocenters. The van der Waals surface area contributed by atoms with E-state index in [9.17, 15) is 4.79 Å². The number of aromatic nitrogens is 3. The number of rotatable bonds is 9. The number of hydrogen-bond donors (Lipinski definition) is 1. The highest BCUT2D eigenvalue weighted by atomic mass is 16.5. The SMILES string of the molecule is C=C(NC(=O)c1cnn2ccn(C)c12)c1ccc(O[C@@H]2CCN(c3ccc(OCC4CC4)cc3)C2)cc1. The number of carbonyl (C=O) groups excluding carboxylic acids is 1. The number of aryl methyl sites for hydroxylation is 1. The molecule has 1 atom stereocenters. The second kappa shape index (κ2) is 9.69. The third-order valence-corrected chi connectivity index (χ3v) is 7.08. The fraction of sp³-hybridized carbons (Fsp3) is 0.310. The van der Waals surface area contributed by atoms with Crippen molar-refractivity contribution < 1.29 is 14.3 Å². The lowest BCUT2D eigenvalue weighted by Crippen LogP contribution is -2.24. The van der Waals surface area contributed by atoms with E-state index in [1.807, 2.05) is 48.3 Å². The number of imidazole rings is 1. The molecule has 0 radical (unpaired) electrons. The van der Waals surface area contributed by atoms with Crippen LogP contribution in [0, 0.1) is 5.92 Å². The molecule has 2 fully saturated rings. The van der Waals surface area contributed by atoms with Gasteiger partial charge in [0.15, 0.2) is 0 Å². The molecule has 0 bridgehead atoms. The van der Waals surface area contributed by atoms with Crippen LogP contribution in [0.2, 0.25) is 0 Å². The summed E-state index contributed by atoms with van der Waals surface area (Å²) >= 11 is 0. The summed E-state index contributed by atoms with van der Waals surface area (Å²) in [5.41, 5.74) is 3.78. The fourth-order valence-electron chi connectivity index (χ4n) is 4.72. The van der Waals surface area contributed by atoms with Crippen LogP contribution >= 0.6 is 0 Å². The van der Waals surface area contributed by atoms with Crippen molar-refractivity contribution in [1.82, 2.24) is 19.5 Å². The zero-order valence-electron chi connectivity index (χ0n) is 21.0. The number of fused-ring (bicyclic) bond motifs is 1. The second-order valence-electron chi connectivity index (χ2n) is 9.92. The van der Waals surface area contributed by atoms with Gasteiger partial charge in [0.25, 0.3) is 5.91 Å². The van der Waals surface area contributed by atoms with Crippen LogP contribution in [-0.2, 0) is 7.05 Å². The lowest BCUT2D eigenvalue weighted by Gasteiger charge is -2.19. The number of amides is 1. The number of nitrogens with zero attached hydrogens (tertiary/aromatic N) is 4. The zero-order valence-corrected chi connectivity index (χ0v) is 21.0. The molecule has 1 aliphatic carbocycles. The number of carbonyl (C=O) groups is 1. The highest BCUT2D eigenvalue weighted by Crippen LogP contribution is 2.30. The van der Waals surface area contributed by atoms with Crippen LogP contribution in [0.1, 0.15) is 35.2 Å². The van der Waals surface area contributed by atoms with Gasteiger partial charge in [-0.2, -0.15) is 5.10 Å². The van der Waals surface area contributed by atoms with Crippen LogP contribution in [0.25, 0.3) is 11.3 Å². The Hall–Kier alpha value is -4.20. The van der Waals surface area contributed by atoms with Crippen LogP contribution in [0.3, 0.4) is 0 Å². The minimum Gasteiger partial charge on any atom is -0.493 e. The van der Waals surface area contributed by atoms with Gasteiger partial charge in [-0.3, -0.25) is 4.79 Å². The Kier molecular flexibility index (Phi) is 6.08. The van der Waals surface area contributed by atoms with Crippen LogP contribution < -0.4 is 19.7 Å². The van der Waals surface area contributed by atoms with Crippen LogP contribution in [0.5, 0.6) is 11.5 Å². The lowest BCUT2D eigenvalue weighted by molar-refractivity contribution is 0.0975. The predicted octanol–water partition coefficient (Wildman–Crippen LogP) is 4.52. The van der Waals surface area contributed by atoms with Gasteiger partial charge in [0, 0.05) is 43.8 Å². The van der Waals surface area contributed by atoms with Gasteiger partial charge >= 0.3 is 0 Å². The van der Waals surface area contributed by atoms with Gasteiger partial charge in [-0.15, -0.1) is 0 Å². The van der Waals surface area contributed by atoms with E-state index in [1.165, 1.54) is 18.5 Å². The third-order valence-electron chi connectivity index (χ3n) is 7.08. The molecular weight excluding hydrogens is 466 g/mol. The maximum Gasteiger partial charge on any atom is 0.261 e. The van der Waals surface area contributed by atoms with Gasteiger partial charge in [0.1, 0.15) is 28.8 Å². The lowest BCUT2D eigenvalue weighted by atomic mass is 10.1. The summed E-state index contributed by atoms with van der Waals surface area (Å²) in [5, 5.41) is 7.11. The van der Waals surface area contributed by atoms with E-state index >= 15 is 0 Å². The average Bonchev–Trinajstić information content (AvgIpc) is 3.28. The van der Waals surface area contributed by atoms with E-state index in [0.717, 1.165) is 54.7 Å². The number of nitrogens with one attached hydrogen (secondary N) is 1. The van der Waals surface area contributed by atoms with Gasteiger partial charge < -0.3 is 24.3 Å². The van der Waals surface area contributed by atoms with Crippen molar-refractivity contribution in [1.29, 1.82) is 0 Å². The van der Waals surface area contributed by atoms with Crippen LogP contribution in [0.15, 0.2) is 73.7 Å². The van der Waals surface area contributed by atoms with Gasteiger partial charge in [-0.1, -0.05) is 6.58 Å². The highest BCUT2D eigenvalue weighted by molar-refractivity contribution is 6.03. The van der Waals surface area contributed by atoms with Crippen LogP contribution in [-0.4, -0.2) is 45.9 Å². The van der Waals surface area contributed by atoms with Gasteiger partial charge in [0.05, 0.1) is 19.3 Å². The van der Waals surface area contributed by atoms with E-state index in [4.69, 9.17) is 9.47 Å². The maximum absolute atomic E-state index is 12.8. The fourth-order valence-corrected chi connectivity index (χ4v) is 4.72. The average molecular weight is 498 g/mol. The summed E-state index contributed by atoms with van der Waals surface area (Å²) < 4.78 is 15.6. The molecule has 0 spiro atoms. The molecule has 8 heteroatoms. The van der Waals surface area contributed by atoms with Crippen LogP contribution in [0.4, 0.5) is 5.69 Å². The molecule has 2 aromatic carbocycles. The molecule has 2 aromatic heterocycles. The molecular formula is C29H31N5O3. The number of benzene rings is 2. The molecule has 37 heavy (non-hydrogen) atoms. The first-order valence-electron chi connectivity index (χ1n) is 12.8. The Morgan fingerprint density at radius 1 is 1.05 bits per heavy atom. The monoisotopic (exact) mass is 497 g/mol. The topological polar surface area (TPSA) is 73.0 Å². The van der Waals surface area contributed by atoms with Crippen molar-refractivity contribution in [3.05, 3.63) is 84.8 Å². The van der Waals surface area contributed by atoms with Gasteiger partial charge in [-0.25, -0.2) is 4.52 Å². The molecule has 1 saturated heterocycles. The smallest absolute Gasteiger partial charge is 0.261 e. The summed E-state index contributed by atoms with van der Waals surface area (Å²) in [6.45, 7) is 6.68. The van der Waals surface area contributed by atoms with Crippen molar-refractivity contribution in [2.24, 2.45) is 13.0 Å². The maximum atomic E-state index is 12.8. The Labute approximate surface area is 216 Å². The minimum absolute atomic E-state index is 0.120. The van der Waals surface area contributed by atoms with Crippen molar-refractivity contribution in [2.45, 2.75) is 25.4 Å². The van der Waals surface area contributed by atoms with E-state index in [2.05, 4.69) is 46.2 Å². The largest absolute Gasteiger partial charge is 0.493 e. The number of hydrogen-bond acceptors (Lipinski definition) is 5. The molecule has 1 N–H and O–H groups in total. The Bertz CT molecular complexity index is 1420. The molecule has 3 heterocycles. The van der Waals surface area contributed by atoms with E-state index < -0.39 is 0 Å². The Morgan fingerprint density at radius 2 is 1.81 bits per heavy atom. The molecule has 8 nitrogen and oxygen atoms in total.